The second-order valence-corrected chi connectivity index (χ2v) is 8.57. The lowest BCUT2D eigenvalue weighted by Gasteiger charge is -2.12. The van der Waals surface area contributed by atoms with Crippen LogP contribution in [0.5, 0.6) is 0 Å². The molecule has 1 fully saturated rings. The molecule has 8 heteroatoms. The Balaban J connectivity index is 1.58. The van der Waals surface area contributed by atoms with Gasteiger partial charge in [-0.05, 0) is 42.7 Å². The minimum atomic E-state index is -0.134. The summed E-state index contributed by atoms with van der Waals surface area (Å²) in [4.78, 5) is 28.0. The summed E-state index contributed by atoms with van der Waals surface area (Å²) in [5.41, 5.74) is 4.23. The van der Waals surface area contributed by atoms with Crippen LogP contribution in [-0.4, -0.2) is 36.8 Å². The van der Waals surface area contributed by atoms with Crippen molar-refractivity contribution < 1.29 is 4.74 Å². The molecule has 0 spiro atoms. The van der Waals surface area contributed by atoms with Gasteiger partial charge in [-0.15, -0.1) is 0 Å². The summed E-state index contributed by atoms with van der Waals surface area (Å²) in [6.45, 7) is 1.76. The Kier molecular flexibility index (Phi) is 4.66. The lowest BCUT2D eigenvalue weighted by Crippen LogP contribution is -2.22. The molecular weight excluding hydrogens is 426 g/mol. The van der Waals surface area contributed by atoms with Gasteiger partial charge in [0.25, 0.3) is 5.56 Å². The van der Waals surface area contributed by atoms with Gasteiger partial charge in [-0.3, -0.25) is 9.36 Å². The van der Waals surface area contributed by atoms with E-state index in [1.807, 2.05) is 53.1 Å². The molecule has 0 unspecified atom stereocenters. The van der Waals surface area contributed by atoms with Crippen molar-refractivity contribution in [3.8, 4) is 0 Å². The van der Waals surface area contributed by atoms with Crippen molar-refractivity contribution in [2.75, 3.05) is 6.61 Å². The zero-order valence-corrected chi connectivity index (χ0v) is 18.0. The number of nitrogens with zero attached hydrogens (tertiary/aromatic N) is 5. The van der Waals surface area contributed by atoms with Gasteiger partial charge in [0.05, 0.1) is 30.2 Å². The lowest BCUT2D eigenvalue weighted by molar-refractivity contribution is 0.0987. The first-order chi connectivity index (χ1) is 15.7. The maximum atomic E-state index is 13.6. The number of benzene rings is 2. The summed E-state index contributed by atoms with van der Waals surface area (Å²) in [5, 5.41) is 1.15. The maximum absolute atomic E-state index is 13.6. The molecule has 0 amide bonds. The van der Waals surface area contributed by atoms with Crippen LogP contribution in [0.25, 0.3) is 33.2 Å². The highest BCUT2D eigenvalue weighted by Crippen LogP contribution is 2.27. The number of fused-ring (bicyclic) bond motifs is 4. The molecule has 32 heavy (non-hydrogen) atoms. The molecule has 0 N–H and O–H groups in total. The molecule has 3 aromatic heterocycles. The Morgan fingerprint density at radius 3 is 2.56 bits per heavy atom. The van der Waals surface area contributed by atoms with E-state index in [2.05, 4.69) is 4.98 Å². The summed E-state index contributed by atoms with van der Waals surface area (Å²) >= 11 is 6.00. The highest BCUT2D eigenvalue weighted by atomic mass is 35.5. The molecule has 4 heterocycles. The number of hydrogen-bond acceptors (Lipinski definition) is 5. The molecule has 0 bridgehead atoms. The Morgan fingerprint density at radius 1 is 1.03 bits per heavy atom. The van der Waals surface area contributed by atoms with Gasteiger partial charge in [0, 0.05) is 11.6 Å². The third-order valence-corrected chi connectivity index (χ3v) is 6.25. The molecule has 1 atom stereocenters. The fraction of sp³-hybridized carbons (Fsp3) is 0.250. The molecule has 0 radical (unpaired) electrons. The van der Waals surface area contributed by atoms with Gasteiger partial charge >= 0.3 is 0 Å². The van der Waals surface area contributed by atoms with E-state index in [-0.39, 0.29) is 11.7 Å². The van der Waals surface area contributed by atoms with Crippen molar-refractivity contribution in [2.45, 2.75) is 32.0 Å². The topological polar surface area (TPSA) is 74.8 Å². The Bertz CT molecular complexity index is 1520. The van der Waals surface area contributed by atoms with E-state index in [9.17, 15) is 4.79 Å². The van der Waals surface area contributed by atoms with Crippen LogP contribution in [0.1, 0.15) is 18.4 Å². The first kappa shape index (κ1) is 19.4. The smallest absolute Gasteiger partial charge is 0.265 e. The molecule has 5 aromatic rings. The van der Waals surface area contributed by atoms with E-state index in [0.717, 1.165) is 36.0 Å². The first-order valence-corrected chi connectivity index (χ1v) is 11.1. The molecule has 0 saturated carbocycles. The summed E-state index contributed by atoms with van der Waals surface area (Å²) in [6, 6.07) is 15.2. The van der Waals surface area contributed by atoms with Crippen LogP contribution in [-0.2, 0) is 17.8 Å². The third-order valence-electron chi connectivity index (χ3n) is 5.99. The lowest BCUT2D eigenvalue weighted by atomic mass is 10.2. The van der Waals surface area contributed by atoms with Crippen LogP contribution >= 0.6 is 11.6 Å². The summed E-state index contributed by atoms with van der Waals surface area (Å²) in [5.74, 6) is 0. The fourth-order valence-corrected chi connectivity index (χ4v) is 4.53. The molecule has 1 aliphatic heterocycles. The van der Waals surface area contributed by atoms with Crippen LogP contribution in [0.4, 0.5) is 0 Å². The number of rotatable bonds is 4. The molecule has 0 aliphatic carbocycles. The second kappa shape index (κ2) is 7.69. The zero-order valence-electron chi connectivity index (χ0n) is 17.2. The van der Waals surface area contributed by atoms with Crippen molar-refractivity contribution in [1.29, 1.82) is 0 Å². The summed E-state index contributed by atoms with van der Waals surface area (Å²) < 4.78 is 9.47. The quantitative estimate of drug-likeness (QED) is 0.415. The van der Waals surface area contributed by atoms with Crippen LogP contribution in [0.15, 0.2) is 59.7 Å². The van der Waals surface area contributed by atoms with Crippen LogP contribution < -0.4 is 5.56 Å². The van der Waals surface area contributed by atoms with Gasteiger partial charge in [0.1, 0.15) is 17.2 Å². The molecule has 1 aliphatic rings. The number of aromatic nitrogens is 5. The van der Waals surface area contributed by atoms with Gasteiger partial charge in [0.15, 0.2) is 11.3 Å². The predicted octanol–water partition coefficient (Wildman–Crippen LogP) is 4.18. The normalized spacial score (nSPS) is 16.5. The van der Waals surface area contributed by atoms with Gasteiger partial charge < -0.3 is 9.30 Å². The highest BCUT2D eigenvalue weighted by molar-refractivity contribution is 6.30. The van der Waals surface area contributed by atoms with E-state index < -0.39 is 0 Å². The van der Waals surface area contributed by atoms with Crippen molar-refractivity contribution in [2.24, 2.45) is 0 Å². The molecule has 2 aromatic carbocycles. The van der Waals surface area contributed by atoms with E-state index in [1.165, 1.54) is 0 Å². The third kappa shape index (κ3) is 3.25. The Labute approximate surface area is 188 Å². The van der Waals surface area contributed by atoms with E-state index in [1.54, 1.807) is 10.9 Å². The monoisotopic (exact) mass is 445 g/mol. The fourth-order valence-electron chi connectivity index (χ4n) is 4.40. The predicted molar refractivity (Wildman–Crippen MR) is 124 cm³/mol. The molecule has 160 valence electrons. The van der Waals surface area contributed by atoms with Gasteiger partial charge in [0.2, 0.25) is 0 Å². The SMILES string of the molecule is O=c1c2c3nc4ccccc4nc3n(C[C@H]3CCCO3)c2ncn1Cc1ccc(Cl)cc1. The van der Waals surface area contributed by atoms with E-state index in [0.29, 0.717) is 40.3 Å². The number of para-hydroxylation sites is 2. The number of halogens is 1. The van der Waals surface area contributed by atoms with Crippen LogP contribution in [0.2, 0.25) is 5.02 Å². The van der Waals surface area contributed by atoms with Crippen molar-refractivity contribution >= 4 is 44.8 Å². The number of hydrogen-bond donors (Lipinski definition) is 0. The van der Waals surface area contributed by atoms with Crippen LogP contribution in [0.3, 0.4) is 0 Å². The summed E-state index contributed by atoms with van der Waals surface area (Å²) in [6.07, 6.45) is 3.71. The minimum absolute atomic E-state index is 0.0837. The average molecular weight is 446 g/mol. The molecule has 6 rings (SSSR count). The van der Waals surface area contributed by atoms with Crippen molar-refractivity contribution in [3.63, 3.8) is 0 Å². The summed E-state index contributed by atoms with van der Waals surface area (Å²) in [7, 11) is 0. The zero-order chi connectivity index (χ0) is 21.7. The maximum Gasteiger partial charge on any atom is 0.265 e. The Morgan fingerprint density at radius 2 is 1.81 bits per heavy atom. The minimum Gasteiger partial charge on any atom is -0.376 e. The van der Waals surface area contributed by atoms with Crippen molar-refractivity contribution in [3.05, 3.63) is 75.8 Å². The molecule has 7 nitrogen and oxygen atoms in total. The van der Waals surface area contributed by atoms with E-state index in [4.69, 9.17) is 26.3 Å². The second-order valence-electron chi connectivity index (χ2n) is 8.13. The molecule has 1 saturated heterocycles. The Hall–Kier alpha value is -3.29. The van der Waals surface area contributed by atoms with Gasteiger partial charge in [-0.25, -0.2) is 15.0 Å². The van der Waals surface area contributed by atoms with Gasteiger partial charge in [-0.1, -0.05) is 35.9 Å². The standard InChI is InChI=1S/C24H20ClN5O2/c25-16-9-7-15(8-10-16)12-29-14-26-22-20(24(29)31)21-23(30(22)13-17-4-3-11-32-17)28-19-6-2-1-5-18(19)27-21/h1-2,5-10,14,17H,3-4,11-13H2/t17-/m1/s1. The molecular formula is C24H20ClN5O2. The van der Waals surface area contributed by atoms with Crippen molar-refractivity contribution in [1.82, 2.24) is 24.1 Å². The largest absolute Gasteiger partial charge is 0.376 e. The number of ether oxygens (including phenoxy) is 1. The first-order valence-electron chi connectivity index (χ1n) is 10.7. The average Bonchev–Trinajstić information content (AvgIpc) is 3.43. The van der Waals surface area contributed by atoms with Crippen LogP contribution in [0, 0.1) is 0 Å². The van der Waals surface area contributed by atoms with Gasteiger partial charge in [-0.2, -0.15) is 0 Å². The highest BCUT2D eigenvalue weighted by Gasteiger charge is 2.23. The van der Waals surface area contributed by atoms with E-state index >= 15 is 0 Å².